The summed E-state index contributed by atoms with van der Waals surface area (Å²) < 4.78 is 45.5. The Labute approximate surface area is 232 Å². The molecule has 0 aliphatic carbocycles. The lowest BCUT2D eigenvalue weighted by atomic mass is 9.84. The monoisotopic (exact) mass is 558 g/mol. The van der Waals surface area contributed by atoms with E-state index in [-0.39, 0.29) is 43.7 Å². The van der Waals surface area contributed by atoms with Crippen LogP contribution in [0.4, 0.5) is 18.0 Å². The molecule has 2 heterocycles. The predicted molar refractivity (Wildman–Crippen MR) is 146 cm³/mol. The number of aliphatic hydroxyl groups is 1. The third kappa shape index (κ3) is 6.47. The molecule has 2 amide bonds. The van der Waals surface area contributed by atoms with Crippen molar-refractivity contribution < 1.29 is 23.1 Å². The summed E-state index contributed by atoms with van der Waals surface area (Å²) in [6, 6.07) is 10.8. The fraction of sp³-hybridized carbons (Fsp3) is 0.483. The third-order valence-corrected chi connectivity index (χ3v) is 7.15. The molecule has 1 aliphatic heterocycles. The number of aliphatic hydroxyl groups excluding tert-OH is 1. The van der Waals surface area contributed by atoms with E-state index in [2.05, 4.69) is 10.1 Å². The van der Waals surface area contributed by atoms with Gasteiger partial charge in [0.15, 0.2) is 11.6 Å². The van der Waals surface area contributed by atoms with Crippen LogP contribution in [0.5, 0.6) is 0 Å². The number of alkyl halides is 1. The second kappa shape index (κ2) is 12.4. The number of amides is 2. The van der Waals surface area contributed by atoms with Crippen molar-refractivity contribution in [3.8, 4) is 11.4 Å². The molecule has 8 nitrogen and oxygen atoms in total. The van der Waals surface area contributed by atoms with E-state index in [0.717, 1.165) is 23.8 Å². The van der Waals surface area contributed by atoms with Gasteiger partial charge in [0.25, 0.3) is 0 Å². The van der Waals surface area contributed by atoms with Crippen molar-refractivity contribution in [1.82, 2.24) is 24.6 Å². The van der Waals surface area contributed by atoms with Gasteiger partial charge in [-0.05, 0) is 42.0 Å². The van der Waals surface area contributed by atoms with Gasteiger partial charge in [-0.15, -0.1) is 0 Å². The Morgan fingerprint density at radius 2 is 1.93 bits per heavy atom. The van der Waals surface area contributed by atoms with E-state index in [0.29, 0.717) is 25.2 Å². The van der Waals surface area contributed by atoms with E-state index in [1.165, 1.54) is 4.90 Å². The summed E-state index contributed by atoms with van der Waals surface area (Å²) in [6.07, 6.45) is -0.164. The smallest absolute Gasteiger partial charge is 0.321 e. The predicted octanol–water partition coefficient (Wildman–Crippen LogP) is 4.53. The molecule has 0 bridgehead atoms. The van der Waals surface area contributed by atoms with Crippen molar-refractivity contribution in [2.24, 2.45) is 11.1 Å². The number of benzene rings is 2. The van der Waals surface area contributed by atoms with Gasteiger partial charge in [0, 0.05) is 13.1 Å². The molecule has 0 spiro atoms. The molecule has 1 unspecified atom stereocenters. The molecule has 1 aliphatic rings. The van der Waals surface area contributed by atoms with E-state index in [1.54, 1.807) is 9.58 Å². The van der Waals surface area contributed by atoms with Crippen molar-refractivity contribution >= 4 is 6.03 Å². The maximum absolute atomic E-state index is 15.0. The van der Waals surface area contributed by atoms with Crippen molar-refractivity contribution in [2.45, 2.75) is 58.4 Å². The van der Waals surface area contributed by atoms with Crippen LogP contribution in [0.3, 0.4) is 0 Å². The van der Waals surface area contributed by atoms with E-state index in [4.69, 9.17) is 5.73 Å². The number of aromatic nitrogens is 3. The van der Waals surface area contributed by atoms with Crippen LogP contribution in [0, 0.1) is 17.0 Å². The van der Waals surface area contributed by atoms with Gasteiger partial charge in [0.05, 0.1) is 37.3 Å². The number of halogens is 3. The van der Waals surface area contributed by atoms with Gasteiger partial charge < -0.3 is 20.6 Å². The van der Waals surface area contributed by atoms with Crippen LogP contribution in [0.15, 0.2) is 48.5 Å². The summed E-state index contributed by atoms with van der Waals surface area (Å²) in [6.45, 7) is 5.53. The zero-order chi connectivity index (χ0) is 29.0. The van der Waals surface area contributed by atoms with Crippen molar-refractivity contribution in [1.29, 1.82) is 0 Å². The number of hydrogen-bond donors (Lipinski definition) is 2. The molecule has 0 radical (unpaired) electrons. The summed E-state index contributed by atoms with van der Waals surface area (Å²) in [5.74, 6) is -1.09. The van der Waals surface area contributed by atoms with Crippen LogP contribution >= 0.6 is 0 Å². The summed E-state index contributed by atoms with van der Waals surface area (Å²) >= 11 is 0. The number of urea groups is 1. The molecule has 1 fully saturated rings. The average molecular weight is 559 g/mol. The van der Waals surface area contributed by atoms with E-state index < -0.39 is 35.3 Å². The Morgan fingerprint density at radius 3 is 2.58 bits per heavy atom. The number of carbonyl (C=O) groups is 1. The highest BCUT2D eigenvalue weighted by atomic mass is 19.1. The van der Waals surface area contributed by atoms with Crippen LogP contribution in [-0.4, -0.2) is 74.2 Å². The number of hydrogen-bond acceptors (Lipinski definition) is 5. The van der Waals surface area contributed by atoms with Crippen LogP contribution < -0.4 is 5.73 Å². The van der Waals surface area contributed by atoms with Crippen LogP contribution in [0.25, 0.3) is 11.4 Å². The van der Waals surface area contributed by atoms with E-state index in [9.17, 15) is 23.1 Å². The molecule has 40 heavy (non-hydrogen) atoms. The number of likely N-dealkylation sites (tertiary alicyclic amines) is 1. The quantitative estimate of drug-likeness (QED) is 0.402. The second-order valence-electron chi connectivity index (χ2n) is 11.3. The van der Waals surface area contributed by atoms with Gasteiger partial charge >= 0.3 is 6.03 Å². The normalized spacial score (nSPS) is 17.2. The first kappa shape index (κ1) is 29.5. The molecular weight excluding hydrogens is 521 g/mol. The largest absolute Gasteiger partial charge is 0.394 e. The molecule has 1 aromatic heterocycles. The summed E-state index contributed by atoms with van der Waals surface area (Å²) in [4.78, 5) is 21.7. The maximum atomic E-state index is 15.0. The third-order valence-electron chi connectivity index (χ3n) is 7.15. The molecule has 216 valence electrons. The number of carbonyl (C=O) groups excluding carboxylic acids is 1. The van der Waals surface area contributed by atoms with E-state index in [1.807, 2.05) is 51.1 Å². The van der Waals surface area contributed by atoms with Crippen molar-refractivity contribution in [3.05, 3.63) is 71.6 Å². The van der Waals surface area contributed by atoms with Gasteiger partial charge in [-0.3, -0.25) is 0 Å². The number of rotatable bonds is 9. The fourth-order valence-corrected chi connectivity index (χ4v) is 5.23. The summed E-state index contributed by atoms with van der Waals surface area (Å²) in [7, 11) is 0. The molecule has 2 aromatic carbocycles. The minimum Gasteiger partial charge on any atom is -0.394 e. The Balaban J connectivity index is 1.89. The topological polar surface area (TPSA) is 101 Å². The first-order valence-electron chi connectivity index (χ1n) is 13.5. The minimum atomic E-state index is -1.52. The standard InChI is InChI=1S/C29H37F3N6O2/c1-29(2,3)25(37(17-21(31)15-33)28(40)36-13-7-10-22(36)18-39)27-34-26(23-14-20(30)11-12-24(23)32)35-38(27)16-19-8-5-4-6-9-19/h4-6,8-9,11-12,14,21-22,25,39H,7,10,13,15-18,33H2,1-3H3/t21?,22-,25-/m0/s1. The molecule has 3 N–H and O–H groups in total. The first-order chi connectivity index (χ1) is 19.0. The molecule has 0 saturated carbocycles. The Kier molecular flexibility index (Phi) is 9.15. The van der Waals surface area contributed by atoms with Crippen LogP contribution in [0.1, 0.15) is 51.0 Å². The number of nitrogens with zero attached hydrogens (tertiary/aromatic N) is 5. The SMILES string of the molecule is CC(C)(C)[C@H](c1nc(-c2cc(F)ccc2F)nn1Cc1ccccc1)N(CC(F)CN)C(=O)N1CCC[C@H]1CO. The Bertz CT molecular complexity index is 1300. The maximum Gasteiger partial charge on any atom is 0.321 e. The molecule has 11 heteroatoms. The molecule has 3 atom stereocenters. The zero-order valence-corrected chi connectivity index (χ0v) is 23.1. The molecule has 1 saturated heterocycles. The van der Waals surface area contributed by atoms with Crippen LogP contribution in [-0.2, 0) is 6.54 Å². The van der Waals surface area contributed by atoms with Gasteiger partial charge in [0.2, 0.25) is 0 Å². The molecule has 3 aromatic rings. The minimum absolute atomic E-state index is 0.0467. The van der Waals surface area contributed by atoms with Crippen molar-refractivity contribution in [2.75, 3.05) is 26.2 Å². The highest BCUT2D eigenvalue weighted by Crippen LogP contribution is 2.40. The highest BCUT2D eigenvalue weighted by molar-refractivity contribution is 5.76. The highest BCUT2D eigenvalue weighted by Gasteiger charge is 2.43. The summed E-state index contributed by atoms with van der Waals surface area (Å²) in [5.41, 5.74) is 5.69. The fourth-order valence-electron chi connectivity index (χ4n) is 5.23. The van der Waals surface area contributed by atoms with Gasteiger partial charge in [-0.1, -0.05) is 51.1 Å². The molecular formula is C29H37F3N6O2. The van der Waals surface area contributed by atoms with E-state index >= 15 is 0 Å². The van der Waals surface area contributed by atoms with Gasteiger partial charge in [0.1, 0.15) is 17.8 Å². The Morgan fingerprint density at radius 1 is 1.20 bits per heavy atom. The zero-order valence-electron chi connectivity index (χ0n) is 23.1. The van der Waals surface area contributed by atoms with Crippen molar-refractivity contribution in [3.63, 3.8) is 0 Å². The first-order valence-corrected chi connectivity index (χ1v) is 13.5. The lowest BCUT2D eigenvalue weighted by Gasteiger charge is -2.42. The molecule has 4 rings (SSSR count). The lowest BCUT2D eigenvalue weighted by molar-refractivity contribution is 0.0590. The van der Waals surface area contributed by atoms with Crippen LogP contribution in [0.2, 0.25) is 0 Å². The van der Waals surface area contributed by atoms with Gasteiger partial charge in [-0.2, -0.15) is 5.10 Å². The summed E-state index contributed by atoms with van der Waals surface area (Å²) in [5, 5.41) is 14.5. The number of nitrogens with two attached hydrogens (primary N) is 1. The lowest BCUT2D eigenvalue weighted by Crippen LogP contribution is -2.53. The van der Waals surface area contributed by atoms with Gasteiger partial charge in [-0.25, -0.2) is 27.6 Å². The Hall–Kier alpha value is -3.44. The second-order valence-corrected chi connectivity index (χ2v) is 11.3. The average Bonchev–Trinajstić information content (AvgIpc) is 3.56.